The molecule has 6 heteroatoms. The Morgan fingerprint density at radius 2 is 2.08 bits per heavy atom. The SMILES string of the molecule is CCn1c(SCC(=O)N[C@@H](C)c2ccc(C)c(C)c2)nnc1C1CC1. The van der Waals surface area contributed by atoms with E-state index in [1.54, 1.807) is 0 Å². The van der Waals surface area contributed by atoms with Crippen LogP contribution in [0.3, 0.4) is 0 Å². The van der Waals surface area contributed by atoms with E-state index in [0.29, 0.717) is 11.7 Å². The van der Waals surface area contributed by atoms with Gasteiger partial charge in [-0.15, -0.1) is 10.2 Å². The molecule has 1 aromatic heterocycles. The van der Waals surface area contributed by atoms with E-state index in [1.807, 2.05) is 6.92 Å². The summed E-state index contributed by atoms with van der Waals surface area (Å²) >= 11 is 1.47. The van der Waals surface area contributed by atoms with Crippen LogP contribution >= 0.6 is 11.8 Å². The molecule has 1 N–H and O–H groups in total. The summed E-state index contributed by atoms with van der Waals surface area (Å²) in [4.78, 5) is 12.3. The summed E-state index contributed by atoms with van der Waals surface area (Å²) in [5.74, 6) is 2.03. The summed E-state index contributed by atoms with van der Waals surface area (Å²) < 4.78 is 2.14. The second kappa shape index (κ2) is 7.60. The molecule has 5 nitrogen and oxygen atoms in total. The highest BCUT2D eigenvalue weighted by Gasteiger charge is 2.30. The highest BCUT2D eigenvalue weighted by Crippen LogP contribution is 2.39. The zero-order chi connectivity index (χ0) is 18.0. The zero-order valence-corrected chi connectivity index (χ0v) is 16.2. The Labute approximate surface area is 153 Å². The van der Waals surface area contributed by atoms with E-state index < -0.39 is 0 Å². The number of aromatic nitrogens is 3. The number of aryl methyl sites for hydroxylation is 2. The van der Waals surface area contributed by atoms with Crippen LogP contribution in [-0.2, 0) is 11.3 Å². The molecule has 3 rings (SSSR count). The molecule has 1 heterocycles. The zero-order valence-electron chi connectivity index (χ0n) is 15.4. The van der Waals surface area contributed by atoms with Crippen LogP contribution in [-0.4, -0.2) is 26.4 Å². The normalized spacial score (nSPS) is 15.2. The fraction of sp³-hybridized carbons (Fsp3) is 0.526. The van der Waals surface area contributed by atoms with E-state index in [2.05, 4.69) is 59.1 Å². The molecule has 1 atom stereocenters. The van der Waals surface area contributed by atoms with Crippen LogP contribution in [0.25, 0.3) is 0 Å². The van der Waals surface area contributed by atoms with E-state index in [1.165, 1.54) is 35.7 Å². The van der Waals surface area contributed by atoms with Gasteiger partial charge < -0.3 is 9.88 Å². The minimum Gasteiger partial charge on any atom is -0.349 e. The largest absolute Gasteiger partial charge is 0.349 e. The second-order valence-electron chi connectivity index (χ2n) is 6.78. The van der Waals surface area contributed by atoms with Gasteiger partial charge in [0.1, 0.15) is 5.82 Å². The summed E-state index contributed by atoms with van der Waals surface area (Å²) in [5.41, 5.74) is 3.65. The quantitative estimate of drug-likeness (QED) is 0.766. The molecule has 134 valence electrons. The van der Waals surface area contributed by atoms with Crippen LogP contribution in [0.4, 0.5) is 0 Å². The Morgan fingerprint density at radius 1 is 1.32 bits per heavy atom. The molecule has 1 aliphatic carbocycles. The van der Waals surface area contributed by atoms with Gasteiger partial charge in [-0.2, -0.15) is 0 Å². The van der Waals surface area contributed by atoms with Crippen molar-refractivity contribution in [1.82, 2.24) is 20.1 Å². The van der Waals surface area contributed by atoms with E-state index >= 15 is 0 Å². The third-order valence-electron chi connectivity index (χ3n) is 4.75. The van der Waals surface area contributed by atoms with Crippen LogP contribution in [0.1, 0.15) is 61.2 Å². The van der Waals surface area contributed by atoms with Crippen molar-refractivity contribution in [1.29, 1.82) is 0 Å². The van der Waals surface area contributed by atoms with E-state index in [0.717, 1.165) is 23.1 Å². The van der Waals surface area contributed by atoms with Crippen LogP contribution in [0.15, 0.2) is 23.4 Å². The maximum atomic E-state index is 12.3. The number of nitrogens with zero attached hydrogens (tertiary/aromatic N) is 3. The van der Waals surface area contributed by atoms with Gasteiger partial charge in [-0.1, -0.05) is 30.0 Å². The number of rotatable bonds is 7. The summed E-state index contributed by atoms with van der Waals surface area (Å²) in [6, 6.07) is 6.32. The predicted octanol–water partition coefficient (Wildman–Crippen LogP) is 3.76. The first-order valence-corrected chi connectivity index (χ1v) is 9.90. The van der Waals surface area contributed by atoms with Crippen molar-refractivity contribution in [2.24, 2.45) is 0 Å². The number of nitrogens with one attached hydrogen (secondary N) is 1. The molecule has 0 saturated heterocycles. The number of carbonyl (C=O) groups excluding carboxylic acids is 1. The van der Waals surface area contributed by atoms with E-state index in [-0.39, 0.29) is 11.9 Å². The summed E-state index contributed by atoms with van der Waals surface area (Å²) in [7, 11) is 0. The number of amides is 1. The van der Waals surface area contributed by atoms with Crippen molar-refractivity contribution >= 4 is 17.7 Å². The number of thioether (sulfide) groups is 1. The van der Waals surface area contributed by atoms with E-state index in [4.69, 9.17) is 0 Å². The third-order valence-corrected chi connectivity index (χ3v) is 5.71. The first kappa shape index (κ1) is 18.0. The second-order valence-corrected chi connectivity index (χ2v) is 7.72. The average molecular weight is 359 g/mol. The number of hydrogen-bond donors (Lipinski definition) is 1. The minimum absolute atomic E-state index is 0.00142. The van der Waals surface area contributed by atoms with E-state index in [9.17, 15) is 4.79 Å². The molecular formula is C19H26N4OS. The molecule has 0 bridgehead atoms. The summed E-state index contributed by atoms with van der Waals surface area (Å²) in [6.45, 7) is 9.16. The van der Waals surface area contributed by atoms with Crippen LogP contribution < -0.4 is 5.32 Å². The maximum absolute atomic E-state index is 12.3. The first-order valence-electron chi connectivity index (χ1n) is 8.92. The lowest BCUT2D eigenvalue weighted by atomic mass is 10.0. The third kappa shape index (κ3) is 4.24. The number of carbonyl (C=O) groups is 1. The fourth-order valence-electron chi connectivity index (χ4n) is 2.88. The van der Waals surface area contributed by atoms with Gasteiger partial charge in [0.15, 0.2) is 5.16 Å². The molecule has 25 heavy (non-hydrogen) atoms. The lowest BCUT2D eigenvalue weighted by Gasteiger charge is -2.15. The molecule has 2 aromatic rings. The molecule has 0 spiro atoms. The predicted molar refractivity (Wildman–Crippen MR) is 101 cm³/mol. The van der Waals surface area contributed by atoms with Crippen molar-refractivity contribution in [3.8, 4) is 0 Å². The Kier molecular flexibility index (Phi) is 5.47. The lowest BCUT2D eigenvalue weighted by molar-refractivity contribution is -0.119. The Bertz CT molecular complexity index is 767. The van der Waals surface area contributed by atoms with Crippen molar-refractivity contribution in [3.05, 3.63) is 40.7 Å². The van der Waals surface area contributed by atoms with Crippen molar-refractivity contribution in [2.45, 2.75) is 64.2 Å². The monoisotopic (exact) mass is 358 g/mol. The molecule has 1 amide bonds. The van der Waals surface area contributed by atoms with Gasteiger partial charge in [-0.3, -0.25) is 4.79 Å². The topological polar surface area (TPSA) is 59.8 Å². The molecule has 0 radical (unpaired) electrons. The van der Waals surface area contributed by atoms with Crippen LogP contribution in [0.2, 0.25) is 0 Å². The van der Waals surface area contributed by atoms with Gasteiger partial charge in [-0.25, -0.2) is 0 Å². The van der Waals surface area contributed by atoms with Crippen LogP contribution in [0.5, 0.6) is 0 Å². The molecule has 0 aliphatic heterocycles. The number of hydrogen-bond acceptors (Lipinski definition) is 4. The maximum Gasteiger partial charge on any atom is 0.230 e. The van der Waals surface area contributed by atoms with Crippen LogP contribution in [0, 0.1) is 13.8 Å². The molecule has 1 fully saturated rings. The molecule has 1 aliphatic rings. The van der Waals surface area contributed by atoms with Gasteiger partial charge in [-0.05, 0) is 57.2 Å². The molecular weight excluding hydrogens is 332 g/mol. The van der Waals surface area contributed by atoms with Crippen molar-refractivity contribution in [2.75, 3.05) is 5.75 Å². The summed E-state index contributed by atoms with van der Waals surface area (Å²) in [6.07, 6.45) is 2.41. The van der Waals surface area contributed by atoms with Crippen molar-refractivity contribution in [3.63, 3.8) is 0 Å². The van der Waals surface area contributed by atoms with Gasteiger partial charge in [0.05, 0.1) is 11.8 Å². The lowest BCUT2D eigenvalue weighted by Crippen LogP contribution is -2.28. The molecule has 1 aromatic carbocycles. The summed E-state index contributed by atoms with van der Waals surface area (Å²) in [5, 5.41) is 12.5. The molecule has 1 saturated carbocycles. The van der Waals surface area contributed by atoms with Gasteiger partial charge in [0, 0.05) is 12.5 Å². The highest BCUT2D eigenvalue weighted by atomic mass is 32.2. The van der Waals surface area contributed by atoms with Gasteiger partial charge in [0.25, 0.3) is 0 Å². The standard InChI is InChI=1S/C19H26N4OS/c1-5-23-18(15-8-9-15)21-22-19(23)25-11-17(24)20-14(4)16-7-6-12(2)13(3)10-16/h6-7,10,14-15H,5,8-9,11H2,1-4H3,(H,20,24)/t14-/m0/s1. The Balaban J connectivity index is 1.56. The Hall–Kier alpha value is -1.82. The van der Waals surface area contributed by atoms with Gasteiger partial charge in [0.2, 0.25) is 5.91 Å². The smallest absolute Gasteiger partial charge is 0.230 e. The van der Waals surface area contributed by atoms with Crippen molar-refractivity contribution < 1.29 is 4.79 Å². The highest BCUT2D eigenvalue weighted by molar-refractivity contribution is 7.99. The minimum atomic E-state index is -0.00142. The average Bonchev–Trinajstić information content (AvgIpc) is 3.35. The molecule has 0 unspecified atom stereocenters. The van der Waals surface area contributed by atoms with Gasteiger partial charge >= 0.3 is 0 Å². The Morgan fingerprint density at radius 3 is 2.72 bits per heavy atom. The first-order chi connectivity index (χ1) is 12.0. The number of benzene rings is 1. The fourth-order valence-corrected chi connectivity index (χ4v) is 3.70.